The summed E-state index contributed by atoms with van der Waals surface area (Å²) in [6.07, 6.45) is -0.638. The molecule has 2 heterocycles. The van der Waals surface area contributed by atoms with Gasteiger partial charge in [-0.15, -0.1) is 0 Å². The minimum Gasteiger partial charge on any atom is -0.475 e. The fourth-order valence-electron chi connectivity index (χ4n) is 2.68. The minimum absolute atomic E-state index is 0.118. The molecule has 3 aliphatic rings. The predicted octanol–water partition coefficient (Wildman–Crippen LogP) is 0.667. The molecule has 3 fully saturated rings. The van der Waals surface area contributed by atoms with Gasteiger partial charge in [-0.05, 0) is 44.7 Å². The van der Waals surface area contributed by atoms with E-state index in [1.807, 2.05) is 0 Å². The van der Waals surface area contributed by atoms with E-state index in [0.717, 1.165) is 25.9 Å². The molecule has 3 N–H and O–H groups in total. The molecule has 1 aliphatic carbocycles. The van der Waals surface area contributed by atoms with Crippen LogP contribution in [0.5, 0.6) is 0 Å². The van der Waals surface area contributed by atoms with Gasteiger partial charge in [0, 0.05) is 6.54 Å². The van der Waals surface area contributed by atoms with E-state index in [0.29, 0.717) is 12.5 Å². The standard InChI is InChI=1S/C11H18N2O2.C2HF3O2/c14-10-11(3-4-11)15-9(7-13-10)8-1-5-12-6-2-8;3-2(4,5)1(6)7/h8-9,12H,1-7H2,(H,13,14);(H,6,7). The van der Waals surface area contributed by atoms with Gasteiger partial charge in [0.05, 0.1) is 6.10 Å². The number of morpholine rings is 1. The van der Waals surface area contributed by atoms with Gasteiger partial charge in [0.1, 0.15) is 5.60 Å². The first-order valence-corrected chi connectivity index (χ1v) is 7.21. The van der Waals surface area contributed by atoms with Crippen molar-refractivity contribution in [3.63, 3.8) is 0 Å². The maximum absolute atomic E-state index is 11.6. The number of carbonyl (C=O) groups excluding carboxylic acids is 1. The Morgan fingerprint density at radius 3 is 2.27 bits per heavy atom. The molecule has 9 heteroatoms. The van der Waals surface area contributed by atoms with Crippen LogP contribution in [0.4, 0.5) is 13.2 Å². The molecule has 0 aromatic carbocycles. The van der Waals surface area contributed by atoms with Gasteiger partial charge < -0.3 is 20.5 Å². The number of halogens is 3. The van der Waals surface area contributed by atoms with E-state index in [9.17, 15) is 18.0 Å². The third kappa shape index (κ3) is 4.10. The maximum atomic E-state index is 11.6. The molecular weight excluding hydrogens is 305 g/mol. The number of carboxylic acids is 1. The summed E-state index contributed by atoms with van der Waals surface area (Å²) in [5.41, 5.74) is -0.409. The van der Waals surface area contributed by atoms with Crippen molar-refractivity contribution < 1.29 is 32.6 Å². The van der Waals surface area contributed by atoms with Gasteiger partial charge in [0.25, 0.3) is 5.91 Å². The van der Waals surface area contributed by atoms with Crippen LogP contribution in [-0.2, 0) is 14.3 Å². The summed E-state index contributed by atoms with van der Waals surface area (Å²) in [7, 11) is 0. The van der Waals surface area contributed by atoms with Gasteiger partial charge in [-0.25, -0.2) is 4.79 Å². The second-order valence-electron chi connectivity index (χ2n) is 5.75. The SMILES string of the molecule is O=C(O)C(F)(F)F.O=C1NCC(C2CCNCC2)OC12CC2. The lowest BCUT2D eigenvalue weighted by Gasteiger charge is -2.37. The van der Waals surface area contributed by atoms with Crippen LogP contribution in [-0.4, -0.2) is 54.5 Å². The average molecular weight is 324 g/mol. The molecule has 0 aromatic rings. The number of nitrogens with one attached hydrogen (secondary N) is 2. The van der Waals surface area contributed by atoms with Crippen LogP contribution >= 0.6 is 0 Å². The zero-order chi connectivity index (χ0) is 16.4. The second-order valence-corrected chi connectivity index (χ2v) is 5.75. The molecule has 0 bridgehead atoms. The number of hydrogen-bond donors (Lipinski definition) is 3. The summed E-state index contributed by atoms with van der Waals surface area (Å²) < 4.78 is 37.7. The molecular formula is C13H19F3N2O4. The third-order valence-corrected chi connectivity index (χ3v) is 4.11. The fourth-order valence-corrected chi connectivity index (χ4v) is 2.68. The van der Waals surface area contributed by atoms with Crippen LogP contribution in [0.25, 0.3) is 0 Å². The highest BCUT2D eigenvalue weighted by Gasteiger charge is 2.55. The second kappa shape index (κ2) is 6.41. The lowest BCUT2D eigenvalue weighted by molar-refractivity contribution is -0.192. The Labute approximate surface area is 125 Å². The summed E-state index contributed by atoms with van der Waals surface area (Å²) in [5, 5.41) is 13.5. The topological polar surface area (TPSA) is 87.7 Å². The molecule has 126 valence electrons. The normalized spacial score (nSPS) is 27.6. The zero-order valence-electron chi connectivity index (χ0n) is 11.9. The molecule has 0 aromatic heterocycles. The van der Waals surface area contributed by atoms with Crippen molar-refractivity contribution in [2.75, 3.05) is 19.6 Å². The Morgan fingerprint density at radius 2 is 1.82 bits per heavy atom. The molecule has 1 amide bonds. The first kappa shape index (κ1) is 17.0. The number of amides is 1. The van der Waals surface area contributed by atoms with Crippen molar-refractivity contribution in [3.8, 4) is 0 Å². The van der Waals surface area contributed by atoms with Crippen LogP contribution in [0.3, 0.4) is 0 Å². The van der Waals surface area contributed by atoms with Gasteiger partial charge in [-0.2, -0.15) is 13.2 Å². The number of aliphatic carboxylic acids is 1. The Hall–Kier alpha value is -1.35. The van der Waals surface area contributed by atoms with Crippen molar-refractivity contribution in [1.29, 1.82) is 0 Å². The van der Waals surface area contributed by atoms with Crippen LogP contribution in [0.1, 0.15) is 25.7 Å². The number of rotatable bonds is 1. The largest absolute Gasteiger partial charge is 0.490 e. The van der Waals surface area contributed by atoms with Gasteiger partial charge in [0.15, 0.2) is 0 Å². The van der Waals surface area contributed by atoms with Crippen molar-refractivity contribution in [2.24, 2.45) is 5.92 Å². The van der Waals surface area contributed by atoms with Crippen molar-refractivity contribution >= 4 is 11.9 Å². The van der Waals surface area contributed by atoms with Crippen LogP contribution in [0.2, 0.25) is 0 Å². The first-order valence-electron chi connectivity index (χ1n) is 7.21. The summed E-state index contributed by atoms with van der Waals surface area (Å²) in [6.45, 7) is 2.89. The molecule has 3 rings (SSSR count). The summed E-state index contributed by atoms with van der Waals surface area (Å²) in [6, 6.07) is 0. The van der Waals surface area contributed by atoms with Gasteiger partial charge in [-0.3, -0.25) is 4.79 Å². The van der Waals surface area contributed by atoms with Crippen LogP contribution in [0, 0.1) is 5.92 Å². The highest BCUT2D eigenvalue weighted by Crippen LogP contribution is 2.43. The molecule has 1 atom stereocenters. The highest BCUT2D eigenvalue weighted by atomic mass is 19.4. The monoisotopic (exact) mass is 324 g/mol. The molecule has 1 spiro atoms. The molecule has 6 nitrogen and oxygen atoms in total. The van der Waals surface area contributed by atoms with E-state index < -0.39 is 17.7 Å². The first-order chi connectivity index (χ1) is 10.2. The number of piperidine rings is 1. The van der Waals surface area contributed by atoms with Gasteiger partial charge in [-0.1, -0.05) is 0 Å². The quantitative estimate of drug-likeness (QED) is 0.660. The molecule has 0 radical (unpaired) electrons. The Morgan fingerprint density at radius 1 is 1.27 bits per heavy atom. The Bertz CT molecular complexity index is 431. The smallest absolute Gasteiger partial charge is 0.475 e. The minimum atomic E-state index is -5.08. The van der Waals surface area contributed by atoms with E-state index in [1.165, 1.54) is 12.8 Å². The molecule has 1 saturated carbocycles. The number of carboxylic acid groups (broad SMARTS) is 1. The van der Waals surface area contributed by atoms with Crippen LogP contribution in [0.15, 0.2) is 0 Å². The molecule has 22 heavy (non-hydrogen) atoms. The summed E-state index contributed by atoms with van der Waals surface area (Å²) >= 11 is 0. The maximum Gasteiger partial charge on any atom is 0.490 e. The van der Waals surface area contributed by atoms with Crippen molar-refractivity contribution in [1.82, 2.24) is 10.6 Å². The fraction of sp³-hybridized carbons (Fsp3) is 0.846. The number of carbonyl (C=O) groups is 2. The summed E-state index contributed by atoms with van der Waals surface area (Å²) in [5.74, 6) is -2.01. The van der Waals surface area contributed by atoms with Crippen molar-refractivity contribution in [3.05, 3.63) is 0 Å². The average Bonchev–Trinajstić information content (AvgIpc) is 3.23. The van der Waals surface area contributed by atoms with E-state index in [4.69, 9.17) is 14.6 Å². The van der Waals surface area contributed by atoms with E-state index in [2.05, 4.69) is 10.6 Å². The number of hydrogen-bond acceptors (Lipinski definition) is 4. The van der Waals surface area contributed by atoms with E-state index in [-0.39, 0.29) is 12.0 Å². The van der Waals surface area contributed by atoms with Crippen molar-refractivity contribution in [2.45, 2.75) is 43.6 Å². The van der Waals surface area contributed by atoms with E-state index >= 15 is 0 Å². The number of ether oxygens (including phenoxy) is 1. The van der Waals surface area contributed by atoms with Gasteiger partial charge >= 0.3 is 12.1 Å². The Balaban J connectivity index is 0.000000217. The van der Waals surface area contributed by atoms with Gasteiger partial charge in [0.2, 0.25) is 0 Å². The van der Waals surface area contributed by atoms with Crippen LogP contribution < -0.4 is 10.6 Å². The summed E-state index contributed by atoms with van der Waals surface area (Å²) in [4.78, 5) is 20.5. The number of alkyl halides is 3. The highest BCUT2D eigenvalue weighted by molar-refractivity contribution is 5.88. The predicted molar refractivity (Wildman–Crippen MR) is 69.1 cm³/mol. The van der Waals surface area contributed by atoms with E-state index in [1.54, 1.807) is 0 Å². The molecule has 1 unspecified atom stereocenters. The lowest BCUT2D eigenvalue weighted by Crippen LogP contribution is -2.54. The molecule has 2 saturated heterocycles. The molecule has 2 aliphatic heterocycles. The zero-order valence-corrected chi connectivity index (χ0v) is 11.9. The Kier molecular flexibility index (Phi) is 4.96. The lowest BCUT2D eigenvalue weighted by atomic mass is 9.91. The third-order valence-electron chi connectivity index (χ3n) is 4.11.